The predicted molar refractivity (Wildman–Crippen MR) is 109 cm³/mol. The van der Waals surface area contributed by atoms with Gasteiger partial charge in [0, 0.05) is 51.4 Å². The van der Waals surface area contributed by atoms with Crippen LogP contribution in [0, 0.1) is 0 Å². The predicted octanol–water partition coefficient (Wildman–Crippen LogP) is 3.59. The number of piperidine rings is 1. The number of piperazine rings is 1. The summed E-state index contributed by atoms with van der Waals surface area (Å²) in [6.07, 6.45) is 1.87. The molecule has 2 aliphatic rings. The summed E-state index contributed by atoms with van der Waals surface area (Å²) in [7, 11) is 0. The minimum atomic E-state index is -0.424. The largest absolute Gasteiger partial charge is 0.444 e. The summed E-state index contributed by atoms with van der Waals surface area (Å²) in [6.45, 7) is 15.2. The molecule has 2 aliphatic heterocycles. The summed E-state index contributed by atoms with van der Waals surface area (Å²) in [5.41, 5.74) is 1.16. The van der Waals surface area contributed by atoms with Gasteiger partial charge in [-0.3, -0.25) is 9.80 Å². The molecule has 0 bridgehead atoms. The lowest BCUT2D eigenvalue weighted by Crippen LogP contribution is -2.59. The summed E-state index contributed by atoms with van der Waals surface area (Å²) in [4.78, 5) is 19.4. The highest BCUT2D eigenvalue weighted by atomic mass is 16.6. The molecule has 1 aromatic rings. The number of carbonyl (C=O) groups excluding carboxylic acids is 1. The lowest BCUT2D eigenvalue weighted by molar-refractivity contribution is -0.0164. The van der Waals surface area contributed by atoms with Gasteiger partial charge in [-0.25, -0.2) is 4.79 Å². The van der Waals surface area contributed by atoms with Gasteiger partial charge in [-0.15, -0.1) is 0 Å². The number of likely N-dealkylation sites (tertiary alicyclic amines) is 1. The second-order valence-electron chi connectivity index (χ2n) is 9.21. The van der Waals surface area contributed by atoms with Crippen LogP contribution >= 0.6 is 0 Å². The van der Waals surface area contributed by atoms with E-state index in [1.165, 1.54) is 5.56 Å². The zero-order valence-electron chi connectivity index (χ0n) is 17.4. The molecule has 0 aliphatic carbocycles. The molecule has 5 heteroatoms. The highest BCUT2D eigenvalue weighted by Gasteiger charge is 2.38. The van der Waals surface area contributed by atoms with Crippen LogP contribution in [-0.2, 0) is 11.3 Å². The van der Waals surface area contributed by atoms with Crippen LogP contribution in [0.1, 0.15) is 46.1 Å². The van der Waals surface area contributed by atoms with Crippen LogP contribution in [0.4, 0.5) is 4.79 Å². The lowest BCUT2D eigenvalue weighted by Gasteiger charge is -2.49. The van der Waals surface area contributed by atoms with Gasteiger partial charge in [-0.2, -0.15) is 0 Å². The van der Waals surface area contributed by atoms with Gasteiger partial charge in [-0.05, 0) is 46.1 Å². The van der Waals surface area contributed by atoms with Crippen molar-refractivity contribution >= 4 is 6.09 Å². The third-order valence-corrected chi connectivity index (χ3v) is 5.88. The molecule has 1 amide bonds. The van der Waals surface area contributed by atoms with E-state index in [1.807, 2.05) is 25.7 Å². The van der Waals surface area contributed by atoms with Gasteiger partial charge in [0.25, 0.3) is 0 Å². The summed E-state index contributed by atoms with van der Waals surface area (Å²) in [5.74, 6) is 0. The monoisotopic (exact) mass is 373 g/mol. The van der Waals surface area contributed by atoms with Crippen LogP contribution in [0.3, 0.4) is 0 Å². The number of ether oxygens (including phenoxy) is 1. The number of carbonyl (C=O) groups is 1. The molecule has 2 heterocycles. The Balaban J connectivity index is 1.47. The summed E-state index contributed by atoms with van der Waals surface area (Å²) in [6, 6.07) is 10.7. The van der Waals surface area contributed by atoms with Crippen molar-refractivity contribution in [2.75, 3.05) is 39.3 Å². The Kier molecular flexibility index (Phi) is 6.11. The van der Waals surface area contributed by atoms with Crippen LogP contribution < -0.4 is 0 Å². The molecule has 1 aromatic carbocycles. The molecule has 0 unspecified atom stereocenters. The number of benzene rings is 1. The molecule has 2 saturated heterocycles. The minimum Gasteiger partial charge on any atom is -0.444 e. The van der Waals surface area contributed by atoms with Crippen LogP contribution in [0.25, 0.3) is 0 Å². The van der Waals surface area contributed by atoms with E-state index in [0.717, 1.165) is 58.7 Å². The first-order chi connectivity index (χ1) is 12.8. The number of hydrogen-bond acceptors (Lipinski definition) is 4. The summed E-state index contributed by atoms with van der Waals surface area (Å²) in [5, 5.41) is 0. The van der Waals surface area contributed by atoms with Crippen LogP contribution in [0.15, 0.2) is 30.3 Å². The molecule has 0 saturated carbocycles. The second-order valence-corrected chi connectivity index (χ2v) is 9.21. The van der Waals surface area contributed by atoms with Crippen molar-refractivity contribution in [1.82, 2.24) is 14.7 Å². The fourth-order valence-electron chi connectivity index (χ4n) is 4.10. The van der Waals surface area contributed by atoms with E-state index in [1.54, 1.807) is 0 Å². The maximum Gasteiger partial charge on any atom is 0.410 e. The van der Waals surface area contributed by atoms with E-state index in [9.17, 15) is 4.79 Å². The summed E-state index contributed by atoms with van der Waals surface area (Å²) >= 11 is 0. The number of hydrogen-bond donors (Lipinski definition) is 0. The van der Waals surface area contributed by atoms with Gasteiger partial charge in [0.1, 0.15) is 5.60 Å². The van der Waals surface area contributed by atoms with E-state index < -0.39 is 5.60 Å². The Morgan fingerprint density at radius 3 is 2.15 bits per heavy atom. The molecule has 2 fully saturated rings. The van der Waals surface area contributed by atoms with Crippen molar-refractivity contribution in [3.8, 4) is 0 Å². The van der Waals surface area contributed by atoms with E-state index >= 15 is 0 Å². The molecular weight excluding hydrogens is 338 g/mol. The van der Waals surface area contributed by atoms with E-state index in [4.69, 9.17) is 4.74 Å². The van der Waals surface area contributed by atoms with Crippen molar-refractivity contribution < 1.29 is 9.53 Å². The fraction of sp³-hybridized carbons (Fsp3) is 0.682. The number of amides is 1. The van der Waals surface area contributed by atoms with E-state index in [0.29, 0.717) is 0 Å². The standard InChI is InChI=1S/C22H35N3O2/c1-21(2,3)27-20(26)24-12-10-22(4,11-13-24)25-16-14-23(15-17-25)18-19-8-6-5-7-9-19/h5-9H,10-18H2,1-4H3. The van der Waals surface area contributed by atoms with E-state index in [-0.39, 0.29) is 11.6 Å². The first-order valence-electron chi connectivity index (χ1n) is 10.2. The van der Waals surface area contributed by atoms with Crippen molar-refractivity contribution in [3.05, 3.63) is 35.9 Å². The topological polar surface area (TPSA) is 36.0 Å². The molecular formula is C22H35N3O2. The molecule has 27 heavy (non-hydrogen) atoms. The van der Waals surface area contributed by atoms with Gasteiger partial charge < -0.3 is 9.64 Å². The van der Waals surface area contributed by atoms with Crippen molar-refractivity contribution in [2.24, 2.45) is 0 Å². The third-order valence-electron chi connectivity index (χ3n) is 5.88. The Morgan fingerprint density at radius 2 is 1.59 bits per heavy atom. The van der Waals surface area contributed by atoms with Gasteiger partial charge in [0.15, 0.2) is 0 Å². The Morgan fingerprint density at radius 1 is 1.00 bits per heavy atom. The van der Waals surface area contributed by atoms with Crippen LogP contribution in [-0.4, -0.2) is 71.2 Å². The van der Waals surface area contributed by atoms with Gasteiger partial charge in [0.05, 0.1) is 0 Å². The van der Waals surface area contributed by atoms with E-state index in [2.05, 4.69) is 47.1 Å². The highest BCUT2D eigenvalue weighted by molar-refractivity contribution is 5.68. The number of nitrogens with zero attached hydrogens (tertiary/aromatic N) is 3. The van der Waals surface area contributed by atoms with Crippen LogP contribution in [0.2, 0.25) is 0 Å². The Hall–Kier alpha value is -1.59. The van der Waals surface area contributed by atoms with Crippen molar-refractivity contribution in [1.29, 1.82) is 0 Å². The van der Waals surface area contributed by atoms with Gasteiger partial charge in [0.2, 0.25) is 0 Å². The Labute approximate surface area is 164 Å². The SMILES string of the molecule is CC(C)(C)OC(=O)N1CCC(C)(N2CCN(Cc3ccccc3)CC2)CC1. The second kappa shape index (κ2) is 8.19. The zero-order valence-corrected chi connectivity index (χ0v) is 17.4. The van der Waals surface area contributed by atoms with Crippen molar-refractivity contribution in [3.63, 3.8) is 0 Å². The number of rotatable bonds is 3. The molecule has 5 nitrogen and oxygen atoms in total. The minimum absolute atomic E-state index is 0.169. The average Bonchev–Trinajstić information content (AvgIpc) is 2.62. The first-order valence-corrected chi connectivity index (χ1v) is 10.2. The molecule has 0 aromatic heterocycles. The smallest absolute Gasteiger partial charge is 0.410 e. The average molecular weight is 374 g/mol. The zero-order chi connectivity index (χ0) is 19.5. The molecule has 150 valence electrons. The van der Waals surface area contributed by atoms with Gasteiger partial charge >= 0.3 is 6.09 Å². The Bertz CT molecular complexity index is 610. The summed E-state index contributed by atoms with van der Waals surface area (Å²) < 4.78 is 5.53. The van der Waals surface area contributed by atoms with Crippen molar-refractivity contribution in [2.45, 2.75) is 58.2 Å². The maximum absolute atomic E-state index is 12.3. The maximum atomic E-state index is 12.3. The van der Waals surface area contributed by atoms with Crippen LogP contribution in [0.5, 0.6) is 0 Å². The first kappa shape index (κ1) is 20.2. The van der Waals surface area contributed by atoms with Gasteiger partial charge in [-0.1, -0.05) is 30.3 Å². The molecule has 3 rings (SSSR count). The highest BCUT2D eigenvalue weighted by Crippen LogP contribution is 2.30. The fourth-order valence-corrected chi connectivity index (χ4v) is 4.10. The molecule has 0 atom stereocenters. The lowest BCUT2D eigenvalue weighted by atomic mass is 9.87. The normalized spacial score (nSPS) is 21.9. The third kappa shape index (κ3) is 5.45. The molecule has 0 spiro atoms. The molecule has 0 N–H and O–H groups in total. The molecule has 0 radical (unpaired) electrons. The quantitative estimate of drug-likeness (QED) is 0.811.